The summed E-state index contributed by atoms with van der Waals surface area (Å²) in [7, 11) is 1.66. The molecule has 9 nitrogen and oxygen atoms in total. The quantitative estimate of drug-likeness (QED) is 0.374. The first-order valence-electron chi connectivity index (χ1n) is 11.2. The number of aryl methyl sites for hydroxylation is 1. The molecule has 0 bridgehead atoms. The Hall–Kier alpha value is -3.34. The van der Waals surface area contributed by atoms with Crippen molar-refractivity contribution in [3.8, 4) is 22.8 Å². The van der Waals surface area contributed by atoms with Gasteiger partial charge in [-0.2, -0.15) is 10.1 Å². The van der Waals surface area contributed by atoms with Gasteiger partial charge in [0, 0.05) is 31.7 Å². The molecule has 1 saturated heterocycles. The molecule has 4 aromatic rings. The van der Waals surface area contributed by atoms with Crippen molar-refractivity contribution in [1.82, 2.24) is 34.3 Å². The highest BCUT2D eigenvalue weighted by Gasteiger charge is 2.21. The topological polar surface area (TPSA) is 77.4 Å². The number of rotatable bonds is 7. The summed E-state index contributed by atoms with van der Waals surface area (Å²) in [5, 5.41) is 8.69. The van der Waals surface area contributed by atoms with Gasteiger partial charge in [-0.25, -0.2) is 4.68 Å². The molecular weight excluding hydrogens is 450 g/mol. The van der Waals surface area contributed by atoms with Crippen molar-refractivity contribution in [3.05, 3.63) is 71.1 Å². The van der Waals surface area contributed by atoms with Crippen molar-refractivity contribution in [2.45, 2.75) is 20.1 Å². The lowest BCUT2D eigenvalue weighted by Crippen LogP contribution is -2.46. The van der Waals surface area contributed by atoms with Gasteiger partial charge in [-0.05, 0) is 36.8 Å². The second kappa shape index (κ2) is 9.88. The van der Waals surface area contributed by atoms with Gasteiger partial charge < -0.3 is 9.26 Å². The molecule has 2 aromatic carbocycles. The van der Waals surface area contributed by atoms with E-state index < -0.39 is 0 Å². The van der Waals surface area contributed by atoms with Crippen LogP contribution in [-0.4, -0.2) is 67.6 Å². The SMILES string of the molecule is COc1ccccc1-n1cnn(CN2CCN(Cc3nc(-c4ccccc4C)no3)CC2)c1=S. The normalized spacial score (nSPS) is 15.0. The number of piperazine rings is 1. The van der Waals surface area contributed by atoms with E-state index in [4.69, 9.17) is 21.5 Å². The number of methoxy groups -OCH3 is 1. The Morgan fingerprint density at radius 2 is 1.74 bits per heavy atom. The highest BCUT2D eigenvalue weighted by Crippen LogP contribution is 2.23. The molecule has 2 aromatic heterocycles. The van der Waals surface area contributed by atoms with E-state index in [1.807, 2.05) is 51.7 Å². The predicted molar refractivity (Wildman–Crippen MR) is 130 cm³/mol. The fourth-order valence-electron chi connectivity index (χ4n) is 4.15. The average molecular weight is 478 g/mol. The van der Waals surface area contributed by atoms with Gasteiger partial charge in [0.05, 0.1) is 26.0 Å². The van der Waals surface area contributed by atoms with Crippen LogP contribution in [0.25, 0.3) is 17.1 Å². The molecule has 1 aliphatic heterocycles. The first-order chi connectivity index (χ1) is 16.6. The standard InChI is InChI=1S/C24H27N7O2S/c1-18-7-3-4-8-19(18)23-26-22(33-27-23)15-28-11-13-29(14-12-28)17-31-24(34)30(16-25-31)20-9-5-6-10-21(20)32-2/h3-10,16H,11-15,17H2,1-2H3. The van der Waals surface area contributed by atoms with Gasteiger partial charge in [0.15, 0.2) is 0 Å². The summed E-state index contributed by atoms with van der Waals surface area (Å²) < 4.78 is 15.4. The molecule has 10 heteroatoms. The van der Waals surface area contributed by atoms with E-state index >= 15 is 0 Å². The Morgan fingerprint density at radius 1 is 1.00 bits per heavy atom. The molecule has 0 saturated carbocycles. The third-order valence-corrected chi connectivity index (χ3v) is 6.50. The Bertz CT molecular complexity index is 1320. The van der Waals surface area contributed by atoms with E-state index in [9.17, 15) is 0 Å². The Labute approximate surface area is 203 Å². The summed E-state index contributed by atoms with van der Waals surface area (Å²) in [4.78, 5) is 9.28. The van der Waals surface area contributed by atoms with Crippen molar-refractivity contribution in [2.24, 2.45) is 0 Å². The van der Waals surface area contributed by atoms with Gasteiger partial charge in [-0.1, -0.05) is 41.6 Å². The van der Waals surface area contributed by atoms with Crippen LogP contribution in [-0.2, 0) is 13.2 Å². The molecule has 1 fully saturated rings. The summed E-state index contributed by atoms with van der Waals surface area (Å²) in [6, 6.07) is 15.9. The molecule has 0 atom stereocenters. The van der Waals surface area contributed by atoms with Crippen LogP contribution in [0.15, 0.2) is 59.4 Å². The van der Waals surface area contributed by atoms with Gasteiger partial charge in [0.1, 0.15) is 12.1 Å². The molecule has 34 heavy (non-hydrogen) atoms. The van der Waals surface area contributed by atoms with Crippen molar-refractivity contribution in [1.29, 1.82) is 0 Å². The molecule has 0 unspecified atom stereocenters. The van der Waals surface area contributed by atoms with E-state index in [2.05, 4.69) is 38.0 Å². The Kier molecular flexibility index (Phi) is 6.52. The fourth-order valence-corrected chi connectivity index (χ4v) is 4.40. The number of ether oxygens (including phenoxy) is 1. The van der Waals surface area contributed by atoms with Gasteiger partial charge in [0.2, 0.25) is 16.5 Å². The van der Waals surface area contributed by atoms with Crippen LogP contribution in [0.3, 0.4) is 0 Å². The summed E-state index contributed by atoms with van der Waals surface area (Å²) in [6.45, 7) is 6.97. The van der Waals surface area contributed by atoms with Crippen molar-refractivity contribution in [2.75, 3.05) is 33.3 Å². The van der Waals surface area contributed by atoms with Crippen molar-refractivity contribution >= 4 is 12.2 Å². The second-order valence-electron chi connectivity index (χ2n) is 8.32. The van der Waals surface area contributed by atoms with Crippen molar-refractivity contribution < 1.29 is 9.26 Å². The maximum atomic E-state index is 5.69. The number of aromatic nitrogens is 5. The van der Waals surface area contributed by atoms with Crippen LogP contribution in [0.2, 0.25) is 0 Å². The highest BCUT2D eigenvalue weighted by molar-refractivity contribution is 7.71. The minimum atomic E-state index is 0.640. The van der Waals surface area contributed by atoms with Gasteiger partial charge >= 0.3 is 0 Å². The first-order valence-corrected chi connectivity index (χ1v) is 11.6. The molecule has 0 spiro atoms. The van der Waals surface area contributed by atoms with Gasteiger partial charge in [-0.3, -0.25) is 14.4 Å². The molecule has 3 heterocycles. The lowest BCUT2D eigenvalue weighted by molar-refractivity contribution is 0.0908. The van der Waals surface area contributed by atoms with E-state index in [0.29, 0.717) is 29.7 Å². The van der Waals surface area contributed by atoms with Crippen LogP contribution in [0.1, 0.15) is 11.5 Å². The van der Waals surface area contributed by atoms with Gasteiger partial charge in [-0.15, -0.1) is 0 Å². The molecule has 5 rings (SSSR count). The van der Waals surface area contributed by atoms with E-state index in [0.717, 1.165) is 48.7 Å². The summed E-state index contributed by atoms with van der Waals surface area (Å²) >= 11 is 5.69. The molecular formula is C24H27N7O2S. The molecule has 0 N–H and O–H groups in total. The molecule has 176 valence electrons. The maximum absolute atomic E-state index is 5.69. The Morgan fingerprint density at radius 3 is 2.53 bits per heavy atom. The lowest BCUT2D eigenvalue weighted by atomic mass is 10.1. The third kappa shape index (κ3) is 4.65. The van der Waals surface area contributed by atoms with E-state index in [1.54, 1.807) is 13.4 Å². The fraction of sp³-hybridized carbons (Fsp3) is 0.333. The second-order valence-corrected chi connectivity index (χ2v) is 8.68. The maximum Gasteiger partial charge on any atom is 0.241 e. The lowest BCUT2D eigenvalue weighted by Gasteiger charge is -2.33. The number of hydrogen-bond acceptors (Lipinski definition) is 8. The van der Waals surface area contributed by atoms with Gasteiger partial charge in [0.25, 0.3) is 0 Å². The minimum absolute atomic E-state index is 0.640. The third-order valence-electron chi connectivity index (χ3n) is 6.09. The number of hydrogen-bond donors (Lipinski definition) is 0. The number of nitrogens with zero attached hydrogens (tertiary/aromatic N) is 7. The van der Waals surface area contributed by atoms with Crippen LogP contribution in [0, 0.1) is 11.7 Å². The minimum Gasteiger partial charge on any atom is -0.495 e. The zero-order valence-corrected chi connectivity index (χ0v) is 20.1. The zero-order chi connectivity index (χ0) is 23.5. The first kappa shape index (κ1) is 22.5. The van der Waals surface area contributed by atoms with Crippen LogP contribution >= 0.6 is 12.2 Å². The Balaban J connectivity index is 1.18. The molecule has 0 radical (unpaired) electrons. The van der Waals surface area contributed by atoms with E-state index in [1.165, 1.54) is 0 Å². The van der Waals surface area contributed by atoms with Crippen molar-refractivity contribution in [3.63, 3.8) is 0 Å². The summed E-state index contributed by atoms with van der Waals surface area (Å²) in [6.07, 6.45) is 1.75. The summed E-state index contributed by atoms with van der Waals surface area (Å²) in [5.74, 6) is 2.05. The molecule has 1 aliphatic rings. The average Bonchev–Trinajstić information content (AvgIpc) is 3.47. The highest BCUT2D eigenvalue weighted by atomic mass is 32.1. The van der Waals surface area contributed by atoms with E-state index in [-0.39, 0.29) is 0 Å². The van der Waals surface area contributed by atoms with Crippen LogP contribution in [0.5, 0.6) is 5.75 Å². The predicted octanol–water partition coefficient (Wildman–Crippen LogP) is 3.55. The zero-order valence-electron chi connectivity index (χ0n) is 19.3. The van der Waals surface area contributed by atoms with Crippen LogP contribution < -0.4 is 4.74 Å². The summed E-state index contributed by atoms with van der Waals surface area (Å²) in [5.41, 5.74) is 3.03. The number of benzene rings is 2. The van der Waals surface area contributed by atoms with Crippen LogP contribution in [0.4, 0.5) is 0 Å². The smallest absolute Gasteiger partial charge is 0.241 e. The molecule has 0 aliphatic carbocycles. The largest absolute Gasteiger partial charge is 0.495 e. The molecule has 0 amide bonds. The number of para-hydroxylation sites is 2. The monoisotopic (exact) mass is 477 g/mol.